The summed E-state index contributed by atoms with van der Waals surface area (Å²) < 4.78 is 5.00. The van der Waals surface area contributed by atoms with Gasteiger partial charge in [0.05, 0.1) is 5.69 Å². The van der Waals surface area contributed by atoms with Crippen LogP contribution in [0.1, 0.15) is 18.7 Å². The van der Waals surface area contributed by atoms with Gasteiger partial charge in [-0.3, -0.25) is 9.78 Å². The maximum atomic E-state index is 10.9. The Balaban J connectivity index is 2.41. The van der Waals surface area contributed by atoms with Crippen LogP contribution in [0, 0.1) is 12.3 Å². The summed E-state index contributed by atoms with van der Waals surface area (Å²) in [6.45, 7) is 1.32. The molecule has 1 aromatic carbocycles. The lowest BCUT2D eigenvalue weighted by Crippen LogP contribution is -2.07. The van der Waals surface area contributed by atoms with Crippen molar-refractivity contribution in [3.05, 3.63) is 42.2 Å². The maximum absolute atomic E-state index is 10.9. The molecule has 2 rings (SSSR count). The first-order valence-corrected chi connectivity index (χ1v) is 5.19. The van der Waals surface area contributed by atoms with Crippen LogP contribution < -0.4 is 0 Å². The van der Waals surface area contributed by atoms with E-state index in [-0.39, 0.29) is 0 Å². The highest BCUT2D eigenvalue weighted by Crippen LogP contribution is 2.19. The molecule has 3 nitrogen and oxygen atoms in total. The van der Waals surface area contributed by atoms with Crippen molar-refractivity contribution < 1.29 is 9.53 Å². The lowest BCUT2D eigenvalue weighted by atomic mass is 10.1. The molecule has 1 atom stereocenters. The van der Waals surface area contributed by atoms with E-state index in [4.69, 9.17) is 11.2 Å². The second kappa shape index (κ2) is 4.67. The summed E-state index contributed by atoms with van der Waals surface area (Å²) in [6.07, 6.45) is 6.33. The van der Waals surface area contributed by atoms with Crippen LogP contribution in [0.2, 0.25) is 0 Å². The summed E-state index contributed by atoms with van der Waals surface area (Å²) in [5.41, 5.74) is 0.571. The zero-order valence-electron chi connectivity index (χ0n) is 9.38. The number of nitrogens with zero attached hydrogens (tertiary/aromatic N) is 1. The topological polar surface area (TPSA) is 39.2 Å². The molecule has 0 radical (unpaired) electrons. The van der Waals surface area contributed by atoms with Crippen molar-refractivity contribution in [1.29, 1.82) is 0 Å². The molecule has 1 heterocycles. The highest BCUT2D eigenvalue weighted by molar-refractivity contribution is 5.82. The molecule has 17 heavy (non-hydrogen) atoms. The predicted octanol–water partition coefficient (Wildman–Crippen LogP) is 2.47. The van der Waals surface area contributed by atoms with Crippen LogP contribution in [0.4, 0.5) is 0 Å². The lowest BCUT2D eigenvalue weighted by molar-refractivity contribution is -0.144. The van der Waals surface area contributed by atoms with Gasteiger partial charge in [0.1, 0.15) is 0 Å². The highest BCUT2D eigenvalue weighted by atomic mass is 16.5. The number of esters is 1. The van der Waals surface area contributed by atoms with Crippen LogP contribution in [-0.2, 0) is 9.53 Å². The minimum Gasteiger partial charge on any atom is -0.443 e. The fraction of sp³-hybridized carbons (Fsp3) is 0.143. The van der Waals surface area contributed by atoms with Crippen LogP contribution in [0.5, 0.6) is 0 Å². The van der Waals surface area contributed by atoms with Gasteiger partial charge < -0.3 is 4.74 Å². The van der Waals surface area contributed by atoms with E-state index in [1.807, 2.05) is 30.3 Å². The van der Waals surface area contributed by atoms with Gasteiger partial charge in [-0.1, -0.05) is 30.2 Å². The van der Waals surface area contributed by atoms with Gasteiger partial charge in [-0.05, 0) is 11.5 Å². The summed E-state index contributed by atoms with van der Waals surface area (Å²) in [5.74, 6) is 1.99. The molecule has 0 spiro atoms. The molecule has 0 unspecified atom stereocenters. The summed E-state index contributed by atoms with van der Waals surface area (Å²) in [7, 11) is 0. The molecule has 0 saturated carbocycles. The fourth-order valence-electron chi connectivity index (χ4n) is 1.59. The average Bonchev–Trinajstić information content (AvgIpc) is 2.35. The van der Waals surface area contributed by atoms with E-state index in [2.05, 4.69) is 10.9 Å². The van der Waals surface area contributed by atoms with E-state index in [1.54, 1.807) is 6.20 Å². The number of hydrogen-bond donors (Lipinski definition) is 0. The Bertz CT molecular complexity index is 598. The first-order valence-electron chi connectivity index (χ1n) is 5.19. The Labute approximate surface area is 99.4 Å². The smallest absolute Gasteiger partial charge is 0.304 e. The number of hydrogen-bond acceptors (Lipinski definition) is 3. The fourth-order valence-corrected chi connectivity index (χ4v) is 1.59. The summed E-state index contributed by atoms with van der Waals surface area (Å²) in [6, 6.07) is 9.63. The van der Waals surface area contributed by atoms with Gasteiger partial charge in [0.25, 0.3) is 0 Å². The molecule has 0 aliphatic heterocycles. The quantitative estimate of drug-likeness (QED) is 0.582. The second-order valence-electron chi connectivity index (χ2n) is 3.61. The van der Waals surface area contributed by atoms with Crippen LogP contribution in [0.15, 0.2) is 36.5 Å². The number of benzene rings is 1. The molecule has 3 heteroatoms. The van der Waals surface area contributed by atoms with E-state index in [1.165, 1.54) is 6.92 Å². The van der Waals surface area contributed by atoms with Crippen LogP contribution in [0.25, 0.3) is 10.8 Å². The van der Waals surface area contributed by atoms with Crippen LogP contribution >= 0.6 is 0 Å². The molecule has 0 amide bonds. The molecule has 0 N–H and O–H groups in total. The summed E-state index contributed by atoms with van der Waals surface area (Å²) in [5, 5.41) is 2.04. The Morgan fingerprint density at radius 1 is 1.41 bits per heavy atom. The SMILES string of the molecule is C#C[C@@H](OC(C)=O)c1cc2ccccc2cn1. The normalized spacial score (nSPS) is 11.8. The van der Waals surface area contributed by atoms with E-state index in [0.717, 1.165) is 10.8 Å². The molecule has 2 aromatic rings. The van der Waals surface area contributed by atoms with E-state index in [9.17, 15) is 4.79 Å². The Hall–Kier alpha value is -2.34. The molecule has 0 aliphatic carbocycles. The Morgan fingerprint density at radius 2 is 2.12 bits per heavy atom. The first kappa shape index (κ1) is 11.2. The van der Waals surface area contributed by atoms with Gasteiger partial charge in [0, 0.05) is 18.5 Å². The molecule has 0 aliphatic rings. The van der Waals surface area contributed by atoms with E-state index >= 15 is 0 Å². The molecule has 84 valence electrons. The van der Waals surface area contributed by atoms with Gasteiger partial charge in [-0.25, -0.2) is 0 Å². The number of pyridine rings is 1. The highest BCUT2D eigenvalue weighted by Gasteiger charge is 2.13. The number of aromatic nitrogens is 1. The van der Waals surface area contributed by atoms with E-state index in [0.29, 0.717) is 5.69 Å². The molecular formula is C14H11NO2. The number of rotatable bonds is 2. The van der Waals surface area contributed by atoms with Crippen molar-refractivity contribution >= 4 is 16.7 Å². The third-order valence-corrected chi connectivity index (χ3v) is 2.36. The van der Waals surface area contributed by atoms with Crippen LogP contribution in [-0.4, -0.2) is 11.0 Å². The molecule has 1 aromatic heterocycles. The number of terminal acetylenes is 1. The second-order valence-corrected chi connectivity index (χ2v) is 3.61. The predicted molar refractivity (Wildman–Crippen MR) is 65.1 cm³/mol. The summed E-state index contributed by atoms with van der Waals surface area (Å²) in [4.78, 5) is 15.1. The zero-order chi connectivity index (χ0) is 12.3. The largest absolute Gasteiger partial charge is 0.443 e. The number of fused-ring (bicyclic) bond motifs is 1. The average molecular weight is 225 g/mol. The van der Waals surface area contributed by atoms with Crippen molar-refractivity contribution in [2.75, 3.05) is 0 Å². The third-order valence-electron chi connectivity index (χ3n) is 2.36. The summed E-state index contributed by atoms with van der Waals surface area (Å²) >= 11 is 0. The van der Waals surface area contributed by atoms with Crippen molar-refractivity contribution in [2.24, 2.45) is 0 Å². The Morgan fingerprint density at radius 3 is 2.76 bits per heavy atom. The molecule has 0 fully saturated rings. The standard InChI is InChI=1S/C14H11NO2/c1-3-14(17-10(2)16)13-8-11-6-4-5-7-12(11)9-15-13/h1,4-9,14H,2H3/t14-/m1/s1. The monoisotopic (exact) mass is 225 g/mol. The minimum absolute atomic E-state index is 0.414. The molecular weight excluding hydrogens is 214 g/mol. The van der Waals surface area contributed by atoms with Gasteiger partial charge >= 0.3 is 5.97 Å². The van der Waals surface area contributed by atoms with Gasteiger partial charge in [-0.2, -0.15) is 0 Å². The first-order chi connectivity index (χ1) is 8.20. The van der Waals surface area contributed by atoms with Crippen molar-refractivity contribution in [2.45, 2.75) is 13.0 Å². The molecule has 0 saturated heterocycles. The van der Waals surface area contributed by atoms with Crippen molar-refractivity contribution in [3.8, 4) is 12.3 Å². The number of carbonyl (C=O) groups is 1. The Kier molecular flexibility index (Phi) is 3.06. The zero-order valence-corrected chi connectivity index (χ0v) is 9.38. The van der Waals surface area contributed by atoms with Gasteiger partial charge in [0.15, 0.2) is 0 Å². The van der Waals surface area contributed by atoms with Crippen molar-refractivity contribution in [3.63, 3.8) is 0 Å². The minimum atomic E-state index is -0.725. The van der Waals surface area contributed by atoms with Crippen molar-refractivity contribution in [1.82, 2.24) is 4.98 Å². The van der Waals surface area contributed by atoms with E-state index < -0.39 is 12.1 Å². The number of carbonyl (C=O) groups excluding carboxylic acids is 1. The van der Waals surface area contributed by atoms with Gasteiger partial charge in [-0.15, -0.1) is 6.42 Å². The third kappa shape index (κ3) is 2.43. The number of ether oxygens (including phenoxy) is 1. The maximum Gasteiger partial charge on any atom is 0.304 e. The lowest BCUT2D eigenvalue weighted by Gasteiger charge is -2.10. The van der Waals surface area contributed by atoms with Gasteiger partial charge in [0.2, 0.25) is 6.10 Å². The van der Waals surface area contributed by atoms with Crippen LogP contribution in [0.3, 0.4) is 0 Å². The molecule has 0 bridgehead atoms.